The Kier molecular flexibility index (Phi) is 1170. The molecule has 5 N–H and O–H groups in total. The summed E-state index contributed by atoms with van der Waals surface area (Å²) in [7, 11) is 1.56. The van der Waals surface area contributed by atoms with E-state index in [0.29, 0.717) is 0 Å². The van der Waals surface area contributed by atoms with Crippen molar-refractivity contribution in [2.45, 2.75) is 0 Å². The van der Waals surface area contributed by atoms with Gasteiger partial charge in [-0.15, -0.1) is 6.34 Å². The monoisotopic (exact) mass is 630 g/mol. The standard InChI is InChI=1S/C2H5N2.B.K.2H2O.7H3P.U.5H2/c1-4-2-3;;;;;;;;;;;;;;;;;/h2H,1H3,(H-,3,4);;;2*1H2;7*1H3;;5*1H/q-1;;+1;;;;;;;;;;;;;;;/i;;;;;;;;;;;;;1+1;;;;. The molecule has 0 bridgehead atoms. The normalized spacial score (nSPS) is 2.31. The maximum Gasteiger partial charge on any atom is 1.00 e. The zero-order valence-electron chi connectivity index (χ0n) is 10.6. The zero-order chi connectivity index (χ0) is 3.41. The van der Waals surface area contributed by atoms with Crippen LogP contribution in [0.5, 0.6) is 0 Å². The van der Waals surface area contributed by atoms with E-state index in [0.717, 1.165) is 6.34 Å². The SMILES string of the molecule is CN=C[NH-].O.O.P.P.P.P.P.P.P.[2HH].[B].[HH].[HH].[HH].[HH].[K+].[U]. The Morgan fingerprint density at radius 3 is 1.00 bits per heavy atom. The van der Waals surface area contributed by atoms with Crippen molar-refractivity contribution < 1.29 is 101 Å². The van der Waals surface area contributed by atoms with Crippen molar-refractivity contribution in [1.29, 1.82) is 0 Å². The van der Waals surface area contributed by atoms with Crippen LogP contribution in [0.4, 0.5) is 0 Å². The van der Waals surface area contributed by atoms with Crippen LogP contribution in [0.15, 0.2) is 4.99 Å². The van der Waals surface area contributed by atoms with E-state index in [1.807, 2.05) is 0 Å². The van der Waals surface area contributed by atoms with Gasteiger partial charge in [0.2, 0.25) is 0 Å². The molecule has 0 heterocycles. The van der Waals surface area contributed by atoms with Crippen molar-refractivity contribution in [3.05, 3.63) is 5.73 Å². The average Bonchev–Trinajstić information content (AvgIpc) is 1.37. The van der Waals surface area contributed by atoms with Crippen molar-refractivity contribution in [3.8, 4) is 0 Å². The van der Waals surface area contributed by atoms with Crippen molar-refractivity contribution in [2.75, 3.05) is 7.05 Å². The first kappa shape index (κ1) is 129. The van der Waals surface area contributed by atoms with Gasteiger partial charge in [0.1, 0.15) is 0 Å². The predicted molar refractivity (Wildman–Crippen MR) is 120 cm³/mol. The minimum Gasteiger partial charge on any atom is -0.489 e. The fraction of sp³-hybridized carbons (Fsp3) is 0.500. The van der Waals surface area contributed by atoms with Crippen LogP contribution in [0.3, 0.4) is 0 Å². The molecule has 3 radical (unpaired) electrons. The van der Waals surface area contributed by atoms with E-state index in [2.05, 4.69) is 4.99 Å². The van der Waals surface area contributed by atoms with Crippen molar-refractivity contribution in [2.24, 2.45) is 4.99 Å². The molecule has 0 aromatic carbocycles. The average molecular weight is 630 g/mol. The van der Waals surface area contributed by atoms with Crippen LogP contribution in [-0.4, -0.2) is 32.8 Å². The topological polar surface area (TPSA) is 99.2 Å². The van der Waals surface area contributed by atoms with Gasteiger partial charge in [0.15, 0.2) is 0 Å². The molecule has 0 fully saturated rings. The number of aliphatic imine (C=N–C) groups is 1. The molecule has 0 aromatic heterocycles. The molecule has 16 heavy (non-hydrogen) atoms. The van der Waals surface area contributed by atoms with Gasteiger partial charge in [-0.05, 0) is 0 Å². The summed E-state index contributed by atoms with van der Waals surface area (Å²) in [6, 6.07) is 0. The van der Waals surface area contributed by atoms with Crippen molar-refractivity contribution in [1.82, 2.24) is 0 Å². The molecule has 7 atom stereocenters. The molecule has 0 saturated carbocycles. The Balaban J connectivity index is -0.000000000331. The molecule has 7 unspecified atom stereocenters. The van der Waals surface area contributed by atoms with Crippen LogP contribution in [0, 0.1) is 31.1 Å². The summed E-state index contributed by atoms with van der Waals surface area (Å²) < 4.78 is 0. The first-order valence-corrected chi connectivity index (χ1v) is 0.994. The molecule has 14 heteroatoms. The summed E-state index contributed by atoms with van der Waals surface area (Å²) in [6.45, 7) is 0. The second kappa shape index (κ2) is 144. The second-order valence-corrected chi connectivity index (χ2v) is 0.387. The van der Waals surface area contributed by atoms with Crippen LogP contribution >= 0.6 is 69.3 Å². The zero-order valence-corrected chi connectivity index (χ0v) is 27.7. The van der Waals surface area contributed by atoms with Gasteiger partial charge in [-0.2, -0.15) is 69.3 Å². The third-order valence-corrected chi connectivity index (χ3v) is 0.129. The van der Waals surface area contributed by atoms with E-state index in [1.54, 1.807) is 7.05 Å². The Morgan fingerprint density at radius 1 is 0.938 bits per heavy atom. The van der Waals surface area contributed by atoms with Crippen molar-refractivity contribution in [3.63, 3.8) is 0 Å². The molecule has 0 aliphatic carbocycles. The van der Waals surface area contributed by atoms with Crippen molar-refractivity contribution >= 4 is 84.0 Å². The summed E-state index contributed by atoms with van der Waals surface area (Å²) in [5, 5.41) is 0. The van der Waals surface area contributed by atoms with Gasteiger partial charge in [-0.1, -0.05) is 7.05 Å². The van der Waals surface area contributed by atoms with E-state index in [-0.39, 0.29) is 178 Å². The summed E-state index contributed by atoms with van der Waals surface area (Å²) >= 11 is 0. The largest absolute Gasteiger partial charge is 1.00 e. The van der Waals surface area contributed by atoms with E-state index in [1.165, 1.54) is 0 Å². The number of hydrogen-bond acceptors (Lipinski definition) is 1. The van der Waals surface area contributed by atoms with Gasteiger partial charge >= 0.3 is 51.4 Å². The minimum absolute atomic E-state index is 0. The van der Waals surface area contributed by atoms with Crippen LogP contribution in [0.1, 0.15) is 7.13 Å². The summed E-state index contributed by atoms with van der Waals surface area (Å²) in [5.41, 5.74) is 6.16. The summed E-state index contributed by atoms with van der Waals surface area (Å²) in [6.07, 6.45) is 1.00. The van der Waals surface area contributed by atoms with Gasteiger partial charge in [0, 0.05) is 46.7 Å². The molecule has 0 saturated heterocycles. The fourth-order valence-corrected chi connectivity index (χ4v) is 0. The molecule has 0 aliphatic heterocycles. The number of hydrogen-bond donors (Lipinski definition) is 0. The third-order valence-electron chi connectivity index (χ3n) is 0.129. The molecule has 0 rings (SSSR count). The fourth-order valence-electron chi connectivity index (χ4n) is 0. The quantitative estimate of drug-likeness (QED) is 0.121. The van der Waals surface area contributed by atoms with E-state index < -0.39 is 0 Å². The number of nitrogens with zero attached hydrogens (tertiary/aromatic N) is 1. The maximum absolute atomic E-state index is 6.16. The Hall–Kier alpha value is 5.15. The van der Waals surface area contributed by atoms with Gasteiger partial charge < -0.3 is 21.7 Å². The van der Waals surface area contributed by atoms with Crippen LogP contribution in [0.25, 0.3) is 5.73 Å². The smallest absolute Gasteiger partial charge is 0.489 e. The predicted octanol–water partition coefficient (Wildman–Crippen LogP) is -2.69. The molecule has 0 aliphatic rings. The van der Waals surface area contributed by atoms with Gasteiger partial charge in [-0.25, -0.2) is 0 Å². The second-order valence-electron chi connectivity index (χ2n) is 0.387. The molecule has 0 spiro atoms. The third kappa shape index (κ3) is 167. The van der Waals surface area contributed by atoms with E-state index >= 15 is 0 Å². The van der Waals surface area contributed by atoms with Gasteiger partial charge in [0.05, 0.1) is 0 Å². The number of rotatable bonds is 0. The minimum atomic E-state index is 0. The first-order chi connectivity index (χ1) is 1.91. The molecule has 0 aromatic rings. The molecule has 4 nitrogen and oxygen atoms in total. The van der Waals surface area contributed by atoms with E-state index in [9.17, 15) is 0 Å². The maximum atomic E-state index is 6.16. The number of nitrogens with one attached hydrogen (secondary N) is 1. The molecule has 0 amide bonds. The first-order valence-electron chi connectivity index (χ1n) is 0.994. The van der Waals surface area contributed by atoms with Crippen LogP contribution < -0.4 is 51.4 Å². The summed E-state index contributed by atoms with van der Waals surface area (Å²) in [4.78, 5) is 3.28. The summed E-state index contributed by atoms with van der Waals surface area (Å²) in [5.74, 6) is 0. The van der Waals surface area contributed by atoms with Crippen LogP contribution in [0.2, 0.25) is 0 Å². The molecular formula is C2H40BKN2O2P7U. The Labute approximate surface area is 199 Å². The van der Waals surface area contributed by atoms with Gasteiger partial charge in [0.25, 0.3) is 0 Å². The van der Waals surface area contributed by atoms with Crippen LogP contribution in [-0.2, 0) is 0 Å². The Morgan fingerprint density at radius 2 is 1.00 bits per heavy atom. The Bertz CT molecular complexity index is 70.2. The van der Waals surface area contributed by atoms with Gasteiger partial charge in [-0.3, -0.25) is 0 Å². The van der Waals surface area contributed by atoms with E-state index in [4.69, 9.17) is 5.73 Å². The molecular weight excluding hydrogens is 589 g/mol. The molecule has 113 valence electrons.